The molecule has 1 aliphatic rings. The van der Waals surface area contributed by atoms with E-state index < -0.39 is 11.5 Å². The molecule has 2 atom stereocenters. The molecule has 0 aromatic rings. The van der Waals surface area contributed by atoms with E-state index in [4.69, 9.17) is 5.11 Å². The number of thioether (sulfide) groups is 1. The summed E-state index contributed by atoms with van der Waals surface area (Å²) in [5.74, 6) is -0.912. The van der Waals surface area contributed by atoms with Crippen molar-refractivity contribution in [3.8, 4) is 0 Å². The van der Waals surface area contributed by atoms with Gasteiger partial charge in [-0.3, -0.25) is 4.79 Å². The summed E-state index contributed by atoms with van der Waals surface area (Å²) in [6.45, 7) is 3.43. The minimum absolute atomic E-state index is 0.0863. The Hall–Kier alpha value is -0.910. The first-order chi connectivity index (χ1) is 8.84. The lowest BCUT2D eigenvalue weighted by molar-refractivity contribution is -0.138. The lowest BCUT2D eigenvalue weighted by Crippen LogP contribution is -2.54. The lowest BCUT2D eigenvalue weighted by Gasteiger charge is -2.32. The minimum Gasteiger partial charge on any atom is -0.481 e. The van der Waals surface area contributed by atoms with Crippen LogP contribution >= 0.6 is 11.8 Å². The Morgan fingerprint density at radius 2 is 1.95 bits per heavy atom. The third kappa shape index (κ3) is 5.72. The van der Waals surface area contributed by atoms with Crippen LogP contribution in [0.15, 0.2) is 0 Å². The quantitative estimate of drug-likeness (QED) is 0.725. The third-order valence-corrected chi connectivity index (χ3v) is 4.54. The predicted molar refractivity (Wildman–Crippen MR) is 77.6 cm³/mol. The molecule has 0 aliphatic heterocycles. The van der Waals surface area contributed by atoms with Crippen LogP contribution in [0.5, 0.6) is 0 Å². The maximum absolute atomic E-state index is 11.9. The van der Waals surface area contributed by atoms with Crippen LogP contribution < -0.4 is 10.6 Å². The van der Waals surface area contributed by atoms with Crippen LogP contribution in [-0.2, 0) is 4.79 Å². The van der Waals surface area contributed by atoms with Crippen molar-refractivity contribution in [2.24, 2.45) is 0 Å². The van der Waals surface area contributed by atoms with E-state index in [1.807, 2.05) is 0 Å². The summed E-state index contributed by atoms with van der Waals surface area (Å²) in [4.78, 5) is 22.7. The molecule has 0 saturated heterocycles. The summed E-state index contributed by atoms with van der Waals surface area (Å²) in [7, 11) is 0. The smallest absolute Gasteiger partial charge is 0.315 e. The zero-order valence-corrected chi connectivity index (χ0v) is 12.7. The molecular weight excluding hydrogens is 264 g/mol. The van der Waals surface area contributed by atoms with E-state index >= 15 is 0 Å². The molecule has 0 aromatic heterocycles. The van der Waals surface area contributed by atoms with Crippen molar-refractivity contribution in [3.63, 3.8) is 0 Å². The van der Waals surface area contributed by atoms with E-state index in [1.54, 1.807) is 25.6 Å². The van der Waals surface area contributed by atoms with Crippen molar-refractivity contribution >= 4 is 23.8 Å². The van der Waals surface area contributed by atoms with Crippen LogP contribution in [0.25, 0.3) is 0 Å². The first kappa shape index (κ1) is 16.1. The number of aliphatic carboxylic acids is 1. The summed E-state index contributed by atoms with van der Waals surface area (Å²) >= 11 is 1.79. The first-order valence-corrected chi connectivity index (χ1v) is 7.96. The minimum atomic E-state index is -0.912. The van der Waals surface area contributed by atoms with Crippen molar-refractivity contribution in [1.82, 2.24) is 10.6 Å². The molecular formula is C13H24N2O3S. The zero-order chi connectivity index (χ0) is 14.5. The van der Waals surface area contributed by atoms with E-state index in [0.29, 0.717) is 5.25 Å². The van der Waals surface area contributed by atoms with Crippen molar-refractivity contribution in [2.45, 2.75) is 62.8 Å². The topological polar surface area (TPSA) is 78.4 Å². The second kappa shape index (κ2) is 7.03. The lowest BCUT2D eigenvalue weighted by atomic mass is 9.95. The highest BCUT2D eigenvalue weighted by molar-refractivity contribution is 7.99. The fourth-order valence-electron chi connectivity index (χ4n) is 2.48. The van der Waals surface area contributed by atoms with Gasteiger partial charge in [0.1, 0.15) is 0 Å². The van der Waals surface area contributed by atoms with Gasteiger partial charge in [-0.1, -0.05) is 12.8 Å². The van der Waals surface area contributed by atoms with Gasteiger partial charge in [-0.25, -0.2) is 4.79 Å². The van der Waals surface area contributed by atoms with Crippen LogP contribution in [0.3, 0.4) is 0 Å². The Morgan fingerprint density at radius 3 is 2.53 bits per heavy atom. The molecule has 19 heavy (non-hydrogen) atoms. The van der Waals surface area contributed by atoms with Gasteiger partial charge in [0.05, 0.1) is 6.42 Å². The average Bonchev–Trinajstić information content (AvgIpc) is 2.26. The molecule has 0 aromatic carbocycles. The number of nitrogens with one attached hydrogen (secondary N) is 2. The number of urea groups is 1. The standard InChI is InChI=1S/C13H24N2O3S/c1-13(2,8-11(16)17)15-12(18)14-9-6-4-5-7-10(9)19-3/h9-10H,4-8H2,1-3H3,(H,16,17)(H2,14,15,18). The zero-order valence-electron chi connectivity index (χ0n) is 11.9. The second-order valence-electron chi connectivity index (χ2n) is 5.72. The number of rotatable bonds is 5. The van der Waals surface area contributed by atoms with Gasteiger partial charge in [0.15, 0.2) is 0 Å². The molecule has 1 rings (SSSR count). The second-order valence-corrected chi connectivity index (χ2v) is 6.79. The Labute approximate surface area is 118 Å². The molecule has 2 unspecified atom stereocenters. The van der Waals surface area contributed by atoms with Crippen molar-refractivity contribution in [1.29, 1.82) is 0 Å². The van der Waals surface area contributed by atoms with Crippen LogP contribution in [0, 0.1) is 0 Å². The summed E-state index contributed by atoms with van der Waals surface area (Å²) in [5, 5.41) is 15.0. The largest absolute Gasteiger partial charge is 0.481 e. The van der Waals surface area contributed by atoms with Crippen LogP contribution in [0.4, 0.5) is 4.79 Å². The van der Waals surface area contributed by atoms with E-state index in [2.05, 4.69) is 16.9 Å². The number of hydrogen-bond acceptors (Lipinski definition) is 3. The molecule has 110 valence electrons. The molecule has 0 bridgehead atoms. The van der Waals surface area contributed by atoms with Gasteiger partial charge in [0.25, 0.3) is 0 Å². The third-order valence-electron chi connectivity index (χ3n) is 3.37. The Balaban J connectivity index is 2.47. The molecule has 0 radical (unpaired) electrons. The molecule has 1 aliphatic carbocycles. The molecule has 3 N–H and O–H groups in total. The number of carboxylic acid groups (broad SMARTS) is 1. The molecule has 1 fully saturated rings. The summed E-state index contributed by atoms with van der Waals surface area (Å²) in [5.41, 5.74) is -0.737. The Bertz CT molecular complexity index is 334. The van der Waals surface area contributed by atoms with Gasteiger partial charge in [-0.05, 0) is 32.9 Å². The van der Waals surface area contributed by atoms with Gasteiger partial charge in [-0.15, -0.1) is 0 Å². The number of hydrogen-bond donors (Lipinski definition) is 3. The van der Waals surface area contributed by atoms with E-state index in [1.165, 1.54) is 6.42 Å². The van der Waals surface area contributed by atoms with E-state index in [-0.39, 0.29) is 18.5 Å². The Morgan fingerprint density at radius 1 is 1.32 bits per heavy atom. The van der Waals surface area contributed by atoms with Crippen LogP contribution in [0.2, 0.25) is 0 Å². The number of carbonyl (C=O) groups excluding carboxylic acids is 1. The normalized spacial score (nSPS) is 23.7. The molecule has 1 saturated carbocycles. The SMILES string of the molecule is CSC1CCCCC1NC(=O)NC(C)(C)CC(=O)O. The molecule has 5 nitrogen and oxygen atoms in total. The molecule has 0 spiro atoms. The predicted octanol–water partition coefficient (Wildman–Crippen LogP) is 2.21. The first-order valence-electron chi connectivity index (χ1n) is 6.67. The van der Waals surface area contributed by atoms with Gasteiger partial charge < -0.3 is 15.7 Å². The number of amides is 2. The average molecular weight is 288 g/mol. The Kier molecular flexibility index (Phi) is 5.97. The summed E-state index contributed by atoms with van der Waals surface area (Å²) in [6.07, 6.45) is 6.47. The highest BCUT2D eigenvalue weighted by Gasteiger charge is 2.28. The van der Waals surface area contributed by atoms with Crippen molar-refractivity contribution in [2.75, 3.05) is 6.26 Å². The van der Waals surface area contributed by atoms with Gasteiger partial charge in [-0.2, -0.15) is 11.8 Å². The molecule has 6 heteroatoms. The van der Waals surface area contributed by atoms with Gasteiger partial charge in [0.2, 0.25) is 0 Å². The van der Waals surface area contributed by atoms with E-state index in [9.17, 15) is 9.59 Å². The number of carboxylic acids is 1. The maximum atomic E-state index is 11.9. The van der Waals surface area contributed by atoms with Crippen LogP contribution in [0.1, 0.15) is 46.0 Å². The van der Waals surface area contributed by atoms with E-state index in [0.717, 1.165) is 19.3 Å². The monoisotopic (exact) mass is 288 g/mol. The van der Waals surface area contributed by atoms with Gasteiger partial charge in [0, 0.05) is 16.8 Å². The summed E-state index contributed by atoms with van der Waals surface area (Å²) < 4.78 is 0. The van der Waals surface area contributed by atoms with Crippen molar-refractivity contribution < 1.29 is 14.7 Å². The molecule has 2 amide bonds. The van der Waals surface area contributed by atoms with Crippen LogP contribution in [-0.4, -0.2) is 40.2 Å². The highest BCUT2D eigenvalue weighted by Crippen LogP contribution is 2.27. The highest BCUT2D eigenvalue weighted by atomic mass is 32.2. The fraction of sp³-hybridized carbons (Fsp3) is 0.846. The number of carbonyl (C=O) groups is 2. The van der Waals surface area contributed by atoms with Crippen molar-refractivity contribution in [3.05, 3.63) is 0 Å². The molecule has 0 heterocycles. The summed E-state index contributed by atoms with van der Waals surface area (Å²) in [6, 6.07) is -0.0819. The fourth-order valence-corrected chi connectivity index (χ4v) is 3.41. The maximum Gasteiger partial charge on any atom is 0.315 e. The van der Waals surface area contributed by atoms with Gasteiger partial charge >= 0.3 is 12.0 Å².